The van der Waals surface area contributed by atoms with Crippen molar-refractivity contribution in [2.24, 2.45) is 0 Å². The lowest BCUT2D eigenvalue weighted by Crippen LogP contribution is -2.23. The van der Waals surface area contributed by atoms with Crippen molar-refractivity contribution < 1.29 is 33.8 Å². The molecule has 0 saturated carbocycles. The number of carbonyl (C=O) groups is 5. The molecule has 0 fully saturated rings. The number of carboxylic acids is 1. The standard InChI is InChI=1S/C28H27N3O7S2/c1-4-38-28(37)23-16(2)24(26(36)30-18-9-6-5-7-10-18)40-27(23)31-25(35)17(3)39-20-12-8-11-19(15-20)29-21(32)13-14-22(33)34/h5-15,17H,4H2,1-3H3,(H,29,32)(H,30,36)(H,31,35)(H,33,34)/b14-13+. The van der Waals surface area contributed by atoms with Crippen LogP contribution in [0, 0.1) is 6.92 Å². The first-order valence-electron chi connectivity index (χ1n) is 12.1. The van der Waals surface area contributed by atoms with E-state index in [2.05, 4.69) is 16.0 Å². The van der Waals surface area contributed by atoms with Crippen molar-refractivity contribution in [3.8, 4) is 0 Å². The summed E-state index contributed by atoms with van der Waals surface area (Å²) in [6.07, 6.45) is 1.63. The highest BCUT2D eigenvalue weighted by Crippen LogP contribution is 2.35. The number of hydrogen-bond acceptors (Lipinski definition) is 8. The Balaban J connectivity index is 1.76. The third-order valence-electron chi connectivity index (χ3n) is 5.26. The molecule has 0 saturated heterocycles. The Bertz CT molecular complexity index is 1450. The van der Waals surface area contributed by atoms with Crippen molar-refractivity contribution in [3.05, 3.63) is 82.8 Å². The van der Waals surface area contributed by atoms with E-state index >= 15 is 0 Å². The molecular formula is C28H27N3O7S2. The van der Waals surface area contributed by atoms with E-state index in [1.54, 1.807) is 69.3 Å². The van der Waals surface area contributed by atoms with E-state index in [1.807, 2.05) is 6.07 Å². The summed E-state index contributed by atoms with van der Waals surface area (Å²) in [6, 6.07) is 15.6. The Morgan fingerprint density at radius 2 is 1.68 bits per heavy atom. The molecule has 12 heteroatoms. The molecule has 1 atom stereocenters. The summed E-state index contributed by atoms with van der Waals surface area (Å²) in [5, 5.41) is 16.3. The van der Waals surface area contributed by atoms with E-state index in [0.717, 1.165) is 23.5 Å². The SMILES string of the molecule is CCOC(=O)c1c(NC(=O)C(C)Sc2cccc(NC(=O)/C=C/C(=O)O)c2)sc(C(=O)Nc2ccccc2)c1C. The molecule has 40 heavy (non-hydrogen) atoms. The van der Waals surface area contributed by atoms with E-state index in [1.165, 1.54) is 11.8 Å². The highest BCUT2D eigenvalue weighted by atomic mass is 32.2. The van der Waals surface area contributed by atoms with E-state index in [0.29, 0.717) is 21.8 Å². The number of esters is 1. The average molecular weight is 582 g/mol. The fourth-order valence-corrected chi connectivity index (χ4v) is 5.45. The molecule has 3 amide bonds. The number of benzene rings is 2. The Kier molecular flexibility index (Phi) is 10.6. The molecule has 1 heterocycles. The van der Waals surface area contributed by atoms with Gasteiger partial charge in [-0.05, 0) is 56.7 Å². The van der Waals surface area contributed by atoms with Crippen LogP contribution in [-0.4, -0.2) is 46.6 Å². The van der Waals surface area contributed by atoms with Gasteiger partial charge >= 0.3 is 11.9 Å². The topological polar surface area (TPSA) is 151 Å². The molecule has 0 spiro atoms. The number of thioether (sulfide) groups is 1. The lowest BCUT2D eigenvalue weighted by Gasteiger charge is -2.13. The maximum absolute atomic E-state index is 13.1. The monoisotopic (exact) mass is 581 g/mol. The third-order valence-corrected chi connectivity index (χ3v) is 7.56. The van der Waals surface area contributed by atoms with Gasteiger partial charge in [-0.25, -0.2) is 9.59 Å². The zero-order valence-electron chi connectivity index (χ0n) is 21.8. The number of hydrogen-bond donors (Lipinski definition) is 4. The van der Waals surface area contributed by atoms with E-state index in [4.69, 9.17) is 9.84 Å². The summed E-state index contributed by atoms with van der Waals surface area (Å²) in [5.41, 5.74) is 1.53. The van der Waals surface area contributed by atoms with Gasteiger partial charge in [-0.1, -0.05) is 24.3 Å². The van der Waals surface area contributed by atoms with Crippen molar-refractivity contribution in [1.29, 1.82) is 0 Å². The molecular weight excluding hydrogens is 554 g/mol. The van der Waals surface area contributed by atoms with Gasteiger partial charge in [-0.3, -0.25) is 14.4 Å². The van der Waals surface area contributed by atoms with Crippen LogP contribution in [0.1, 0.15) is 39.4 Å². The Morgan fingerprint density at radius 3 is 2.35 bits per heavy atom. The largest absolute Gasteiger partial charge is 0.478 e. The van der Waals surface area contributed by atoms with Crippen molar-refractivity contribution in [2.75, 3.05) is 22.6 Å². The normalized spacial score (nSPS) is 11.5. The summed E-state index contributed by atoms with van der Waals surface area (Å²) in [7, 11) is 0. The minimum atomic E-state index is -1.24. The van der Waals surface area contributed by atoms with E-state index in [-0.39, 0.29) is 22.0 Å². The number of carbonyl (C=O) groups excluding carboxylic acids is 4. The quantitative estimate of drug-likeness (QED) is 0.137. The molecule has 1 unspecified atom stereocenters. The number of para-hydroxylation sites is 1. The lowest BCUT2D eigenvalue weighted by molar-refractivity contribution is -0.131. The number of carboxylic acid groups (broad SMARTS) is 1. The van der Waals surface area contributed by atoms with Gasteiger partial charge in [0.15, 0.2) is 0 Å². The van der Waals surface area contributed by atoms with Crippen LogP contribution in [0.3, 0.4) is 0 Å². The van der Waals surface area contributed by atoms with Crippen LogP contribution < -0.4 is 16.0 Å². The molecule has 10 nitrogen and oxygen atoms in total. The van der Waals surface area contributed by atoms with Crippen LogP contribution in [0.4, 0.5) is 16.4 Å². The molecule has 0 aliphatic heterocycles. The number of thiophene rings is 1. The van der Waals surface area contributed by atoms with Crippen LogP contribution in [0.2, 0.25) is 0 Å². The van der Waals surface area contributed by atoms with Gasteiger partial charge in [0, 0.05) is 28.4 Å². The molecule has 0 aliphatic carbocycles. The predicted octanol–water partition coefficient (Wildman–Crippen LogP) is 5.18. The molecule has 3 aromatic rings. The third kappa shape index (κ3) is 8.29. The van der Waals surface area contributed by atoms with Crippen molar-refractivity contribution in [1.82, 2.24) is 0 Å². The fourth-order valence-electron chi connectivity index (χ4n) is 3.43. The Hall–Kier alpha value is -4.42. The van der Waals surface area contributed by atoms with Crippen molar-refractivity contribution in [2.45, 2.75) is 30.9 Å². The van der Waals surface area contributed by atoms with Gasteiger partial charge in [-0.15, -0.1) is 23.1 Å². The van der Waals surface area contributed by atoms with Gasteiger partial charge in [0.1, 0.15) is 5.00 Å². The molecule has 2 aromatic carbocycles. The second kappa shape index (κ2) is 14.1. The molecule has 0 bridgehead atoms. The molecule has 0 radical (unpaired) electrons. The van der Waals surface area contributed by atoms with Gasteiger partial charge in [-0.2, -0.15) is 0 Å². The highest BCUT2D eigenvalue weighted by molar-refractivity contribution is 8.00. The number of rotatable bonds is 11. The first kappa shape index (κ1) is 30.1. The van der Waals surface area contributed by atoms with Gasteiger partial charge < -0.3 is 25.8 Å². The maximum atomic E-state index is 13.1. The molecule has 3 rings (SSSR count). The summed E-state index contributed by atoms with van der Waals surface area (Å²) in [5.74, 6) is -3.33. The lowest BCUT2D eigenvalue weighted by atomic mass is 10.1. The second-order valence-corrected chi connectivity index (χ2v) is 10.7. The van der Waals surface area contributed by atoms with Gasteiger partial charge in [0.2, 0.25) is 11.8 Å². The van der Waals surface area contributed by atoms with E-state index < -0.39 is 34.9 Å². The fraction of sp³-hybridized carbons (Fsp3) is 0.179. The number of anilines is 3. The Morgan fingerprint density at radius 1 is 0.975 bits per heavy atom. The van der Waals surface area contributed by atoms with Crippen LogP contribution >= 0.6 is 23.1 Å². The first-order chi connectivity index (χ1) is 19.1. The van der Waals surface area contributed by atoms with E-state index in [9.17, 15) is 24.0 Å². The van der Waals surface area contributed by atoms with Crippen LogP contribution in [0.25, 0.3) is 0 Å². The van der Waals surface area contributed by atoms with Gasteiger partial charge in [0.25, 0.3) is 5.91 Å². The van der Waals surface area contributed by atoms with Gasteiger partial charge in [0.05, 0.1) is 22.3 Å². The average Bonchev–Trinajstić information content (AvgIpc) is 3.24. The minimum Gasteiger partial charge on any atom is -0.478 e. The van der Waals surface area contributed by atoms with Crippen molar-refractivity contribution in [3.63, 3.8) is 0 Å². The highest BCUT2D eigenvalue weighted by Gasteiger charge is 2.28. The minimum absolute atomic E-state index is 0.120. The summed E-state index contributed by atoms with van der Waals surface area (Å²) < 4.78 is 5.18. The first-order valence-corrected chi connectivity index (χ1v) is 13.7. The summed E-state index contributed by atoms with van der Waals surface area (Å²) in [4.78, 5) is 62.3. The molecule has 4 N–H and O–H groups in total. The maximum Gasteiger partial charge on any atom is 0.341 e. The summed E-state index contributed by atoms with van der Waals surface area (Å²) in [6.45, 7) is 5.09. The van der Waals surface area contributed by atoms with Crippen LogP contribution in [0.15, 0.2) is 71.6 Å². The van der Waals surface area contributed by atoms with Crippen LogP contribution in [-0.2, 0) is 19.1 Å². The molecule has 0 aliphatic rings. The molecule has 208 valence electrons. The number of ether oxygens (including phenoxy) is 1. The molecule has 1 aromatic heterocycles. The smallest absolute Gasteiger partial charge is 0.341 e. The van der Waals surface area contributed by atoms with Crippen molar-refractivity contribution >= 4 is 69.1 Å². The number of aliphatic carboxylic acids is 1. The number of amides is 3. The zero-order valence-corrected chi connectivity index (χ0v) is 23.5. The zero-order chi connectivity index (χ0) is 29.2. The predicted molar refractivity (Wildman–Crippen MR) is 155 cm³/mol. The Labute approximate surface area is 238 Å². The number of nitrogens with one attached hydrogen (secondary N) is 3. The summed E-state index contributed by atoms with van der Waals surface area (Å²) >= 11 is 2.19. The second-order valence-electron chi connectivity index (χ2n) is 8.24. The van der Waals surface area contributed by atoms with Crippen LogP contribution in [0.5, 0.6) is 0 Å².